The van der Waals surface area contributed by atoms with Crippen molar-refractivity contribution < 1.29 is 4.74 Å². The summed E-state index contributed by atoms with van der Waals surface area (Å²) in [5.41, 5.74) is 3.10. The second-order valence-electron chi connectivity index (χ2n) is 4.47. The van der Waals surface area contributed by atoms with Gasteiger partial charge in [0.1, 0.15) is 5.69 Å². The normalized spacial score (nSPS) is 12.5. The number of aromatic nitrogens is 2. The van der Waals surface area contributed by atoms with Gasteiger partial charge in [0.25, 0.3) is 0 Å². The topological polar surface area (TPSA) is 39.1 Å². The lowest BCUT2D eigenvalue weighted by atomic mass is 10.0. The van der Waals surface area contributed by atoms with Crippen LogP contribution in [0.3, 0.4) is 0 Å². The molecule has 0 fully saturated rings. The van der Waals surface area contributed by atoms with Crippen molar-refractivity contribution >= 4 is 11.6 Å². The smallest absolute Gasteiger partial charge is 0.161 e. The molecule has 2 rings (SSSR count). The zero-order chi connectivity index (χ0) is 14.0. The minimum atomic E-state index is -0.0597. The molecule has 0 aliphatic carbocycles. The van der Waals surface area contributed by atoms with Gasteiger partial charge in [-0.05, 0) is 31.2 Å². The van der Waals surface area contributed by atoms with Crippen molar-refractivity contribution in [3.8, 4) is 5.75 Å². The van der Waals surface area contributed by atoms with E-state index >= 15 is 0 Å². The molecule has 1 aromatic heterocycles. The minimum absolute atomic E-state index is 0.0597. The third-order valence-corrected chi connectivity index (χ3v) is 3.53. The van der Waals surface area contributed by atoms with Crippen LogP contribution in [0.15, 0.2) is 24.4 Å². The van der Waals surface area contributed by atoms with Crippen molar-refractivity contribution in [2.75, 3.05) is 14.2 Å². The highest BCUT2D eigenvalue weighted by molar-refractivity contribution is 6.31. The first kappa shape index (κ1) is 13.9. The lowest BCUT2D eigenvalue weighted by Gasteiger charge is -2.20. The van der Waals surface area contributed by atoms with E-state index in [0.29, 0.717) is 0 Å². The van der Waals surface area contributed by atoms with Crippen LogP contribution in [0.2, 0.25) is 5.02 Å². The summed E-state index contributed by atoms with van der Waals surface area (Å²) in [7, 11) is 5.43. The molecule has 1 heterocycles. The van der Waals surface area contributed by atoms with Crippen LogP contribution in [-0.4, -0.2) is 23.9 Å². The number of benzene rings is 1. The number of ether oxygens (including phenoxy) is 1. The van der Waals surface area contributed by atoms with Crippen LogP contribution >= 0.6 is 11.6 Å². The second-order valence-corrected chi connectivity index (χ2v) is 4.88. The van der Waals surface area contributed by atoms with E-state index in [9.17, 15) is 0 Å². The van der Waals surface area contributed by atoms with Crippen molar-refractivity contribution in [3.05, 3.63) is 46.2 Å². The van der Waals surface area contributed by atoms with E-state index in [4.69, 9.17) is 16.3 Å². The second kappa shape index (κ2) is 5.63. The zero-order valence-electron chi connectivity index (χ0n) is 11.6. The Balaban J connectivity index is 2.52. The van der Waals surface area contributed by atoms with Crippen molar-refractivity contribution in [1.82, 2.24) is 15.1 Å². The summed E-state index contributed by atoms with van der Waals surface area (Å²) < 4.78 is 7.17. The Morgan fingerprint density at radius 1 is 1.42 bits per heavy atom. The van der Waals surface area contributed by atoms with Gasteiger partial charge in [0.05, 0.1) is 19.3 Å². The first-order chi connectivity index (χ1) is 9.08. The summed E-state index contributed by atoms with van der Waals surface area (Å²) in [5.74, 6) is 0.749. The van der Waals surface area contributed by atoms with Gasteiger partial charge < -0.3 is 10.1 Å². The lowest BCUT2D eigenvalue weighted by molar-refractivity contribution is 0.402. The Kier molecular flexibility index (Phi) is 4.12. The molecule has 4 nitrogen and oxygen atoms in total. The predicted octanol–water partition coefficient (Wildman–Crippen LogP) is 2.70. The Hall–Kier alpha value is -1.52. The first-order valence-electron chi connectivity index (χ1n) is 6.07. The van der Waals surface area contributed by atoms with E-state index in [1.165, 1.54) is 0 Å². The number of rotatable bonds is 4. The molecule has 19 heavy (non-hydrogen) atoms. The Labute approximate surface area is 118 Å². The summed E-state index contributed by atoms with van der Waals surface area (Å²) in [5, 5.41) is 8.25. The average molecular weight is 280 g/mol. The van der Waals surface area contributed by atoms with Crippen molar-refractivity contribution in [3.63, 3.8) is 0 Å². The molecule has 1 aromatic carbocycles. The molecule has 0 saturated heterocycles. The van der Waals surface area contributed by atoms with Crippen LogP contribution in [-0.2, 0) is 7.05 Å². The van der Waals surface area contributed by atoms with Crippen LogP contribution in [0.5, 0.6) is 5.75 Å². The van der Waals surface area contributed by atoms with Crippen LogP contribution < -0.4 is 10.1 Å². The minimum Gasteiger partial charge on any atom is -0.493 e. The molecule has 0 bridgehead atoms. The monoisotopic (exact) mass is 279 g/mol. The van der Waals surface area contributed by atoms with Gasteiger partial charge >= 0.3 is 0 Å². The summed E-state index contributed by atoms with van der Waals surface area (Å²) in [6, 6.07) is 5.99. The van der Waals surface area contributed by atoms with E-state index < -0.39 is 0 Å². The molecular formula is C14H18ClN3O. The molecule has 0 saturated carbocycles. The fraction of sp³-hybridized carbons (Fsp3) is 0.357. The van der Waals surface area contributed by atoms with Crippen LogP contribution in [0.1, 0.15) is 22.9 Å². The molecule has 0 aliphatic rings. The Morgan fingerprint density at radius 2 is 2.16 bits per heavy atom. The highest BCUT2D eigenvalue weighted by atomic mass is 35.5. The molecular weight excluding hydrogens is 262 g/mol. The molecule has 0 spiro atoms. The van der Waals surface area contributed by atoms with Gasteiger partial charge in [0.2, 0.25) is 0 Å². The van der Waals surface area contributed by atoms with Crippen molar-refractivity contribution in [2.45, 2.75) is 13.0 Å². The highest BCUT2D eigenvalue weighted by Gasteiger charge is 2.22. The molecule has 2 aromatic rings. The van der Waals surface area contributed by atoms with Gasteiger partial charge in [-0.1, -0.05) is 23.7 Å². The summed E-state index contributed by atoms with van der Waals surface area (Å²) in [4.78, 5) is 0. The summed E-state index contributed by atoms with van der Waals surface area (Å²) in [6.45, 7) is 2.02. The molecule has 1 atom stereocenters. The quantitative estimate of drug-likeness (QED) is 0.935. The fourth-order valence-electron chi connectivity index (χ4n) is 2.22. The number of hydrogen-bond acceptors (Lipinski definition) is 3. The zero-order valence-corrected chi connectivity index (χ0v) is 12.3. The van der Waals surface area contributed by atoms with Crippen molar-refractivity contribution in [1.29, 1.82) is 0 Å². The predicted molar refractivity (Wildman–Crippen MR) is 76.9 cm³/mol. The Bertz CT molecular complexity index is 580. The van der Waals surface area contributed by atoms with Crippen LogP contribution in [0.25, 0.3) is 0 Å². The summed E-state index contributed by atoms with van der Waals surface area (Å²) in [6.07, 6.45) is 1.71. The van der Waals surface area contributed by atoms with E-state index in [-0.39, 0.29) is 6.04 Å². The molecule has 0 radical (unpaired) electrons. The average Bonchev–Trinajstić information content (AvgIpc) is 2.74. The summed E-state index contributed by atoms with van der Waals surface area (Å²) >= 11 is 6.36. The van der Waals surface area contributed by atoms with E-state index in [1.54, 1.807) is 18.0 Å². The molecule has 0 amide bonds. The number of halogens is 1. The SMILES string of the molecule is CNC(c1ccc(C)cc1Cl)c1c(OC)cnn1C. The van der Waals surface area contributed by atoms with Crippen LogP contribution in [0, 0.1) is 6.92 Å². The van der Waals surface area contributed by atoms with Crippen molar-refractivity contribution in [2.24, 2.45) is 7.05 Å². The van der Waals surface area contributed by atoms with Gasteiger partial charge in [-0.25, -0.2) is 0 Å². The number of hydrogen-bond donors (Lipinski definition) is 1. The molecule has 1 unspecified atom stereocenters. The van der Waals surface area contributed by atoms with E-state index in [2.05, 4.69) is 10.4 Å². The van der Waals surface area contributed by atoms with Gasteiger partial charge in [0.15, 0.2) is 5.75 Å². The third-order valence-electron chi connectivity index (χ3n) is 3.20. The van der Waals surface area contributed by atoms with E-state index in [1.807, 2.05) is 39.2 Å². The molecule has 0 aliphatic heterocycles. The highest BCUT2D eigenvalue weighted by Crippen LogP contribution is 2.33. The maximum absolute atomic E-state index is 6.36. The first-order valence-corrected chi connectivity index (χ1v) is 6.45. The maximum atomic E-state index is 6.36. The molecule has 1 N–H and O–H groups in total. The van der Waals surface area contributed by atoms with Gasteiger partial charge in [-0.2, -0.15) is 5.10 Å². The standard InChI is InChI=1S/C14H18ClN3O/c1-9-5-6-10(11(15)7-9)13(16-2)14-12(19-4)8-17-18(14)3/h5-8,13,16H,1-4H3. The largest absolute Gasteiger partial charge is 0.493 e. The fourth-order valence-corrected chi connectivity index (χ4v) is 2.56. The maximum Gasteiger partial charge on any atom is 0.161 e. The van der Waals surface area contributed by atoms with Crippen LogP contribution in [0.4, 0.5) is 0 Å². The number of methoxy groups -OCH3 is 1. The molecule has 5 heteroatoms. The number of nitrogens with zero attached hydrogens (tertiary/aromatic N) is 2. The van der Waals surface area contributed by atoms with Gasteiger partial charge in [0, 0.05) is 12.1 Å². The number of nitrogens with one attached hydrogen (secondary N) is 1. The third kappa shape index (κ3) is 2.60. The number of aryl methyl sites for hydroxylation is 2. The Morgan fingerprint density at radius 3 is 2.74 bits per heavy atom. The van der Waals surface area contributed by atoms with Gasteiger partial charge in [-0.15, -0.1) is 0 Å². The van der Waals surface area contributed by atoms with E-state index in [0.717, 1.165) is 27.6 Å². The lowest BCUT2D eigenvalue weighted by Crippen LogP contribution is -2.21. The molecule has 102 valence electrons. The van der Waals surface area contributed by atoms with Gasteiger partial charge in [-0.3, -0.25) is 4.68 Å².